The van der Waals surface area contributed by atoms with Crippen molar-refractivity contribution in [2.24, 2.45) is 0 Å². The van der Waals surface area contributed by atoms with Crippen LogP contribution in [0.15, 0.2) is 36.5 Å². The van der Waals surface area contributed by atoms with Gasteiger partial charge in [0.2, 0.25) is 0 Å². The third-order valence-corrected chi connectivity index (χ3v) is 3.95. The first-order valence-corrected chi connectivity index (χ1v) is 7.32. The zero-order valence-electron chi connectivity index (χ0n) is 12.4. The first-order chi connectivity index (χ1) is 10.3. The summed E-state index contributed by atoms with van der Waals surface area (Å²) in [5.41, 5.74) is 3.25. The van der Waals surface area contributed by atoms with E-state index < -0.39 is 0 Å². The van der Waals surface area contributed by atoms with Crippen LogP contribution in [0.2, 0.25) is 0 Å². The van der Waals surface area contributed by atoms with Gasteiger partial charge in [-0.15, -0.1) is 0 Å². The third-order valence-electron chi connectivity index (χ3n) is 3.95. The van der Waals surface area contributed by atoms with E-state index in [2.05, 4.69) is 39.8 Å². The molecule has 21 heavy (non-hydrogen) atoms. The minimum Gasteiger partial charge on any atom is -0.379 e. The van der Waals surface area contributed by atoms with Crippen molar-refractivity contribution in [2.75, 3.05) is 19.0 Å². The molecule has 3 atom stereocenters. The van der Waals surface area contributed by atoms with E-state index in [1.54, 1.807) is 13.3 Å². The number of H-pyrrole nitrogens is 1. The highest BCUT2D eigenvalue weighted by Gasteiger charge is 2.42. The fourth-order valence-corrected chi connectivity index (χ4v) is 2.79. The summed E-state index contributed by atoms with van der Waals surface area (Å²) in [5, 5.41) is 10.4. The Kier molecular flexibility index (Phi) is 4.22. The monoisotopic (exact) mass is 287 g/mol. The van der Waals surface area contributed by atoms with Crippen molar-refractivity contribution in [3.8, 4) is 11.3 Å². The number of anilines is 1. The molecule has 5 nitrogen and oxygen atoms in total. The van der Waals surface area contributed by atoms with Crippen molar-refractivity contribution in [1.82, 2.24) is 10.2 Å². The maximum Gasteiger partial charge on any atom is 0.103 e. The van der Waals surface area contributed by atoms with Crippen LogP contribution in [0, 0.1) is 0 Å². The van der Waals surface area contributed by atoms with Crippen LogP contribution in [0.3, 0.4) is 0 Å². The number of ether oxygens (including phenoxy) is 2. The number of aromatic amines is 1. The van der Waals surface area contributed by atoms with E-state index in [9.17, 15) is 0 Å². The molecule has 0 spiro atoms. The SMILES string of the molecule is CCOC1CC(Nc2ccc(-c3ccn[nH]3)cc2)C1OC. The van der Waals surface area contributed by atoms with Gasteiger partial charge < -0.3 is 14.8 Å². The molecule has 2 aromatic rings. The highest BCUT2D eigenvalue weighted by molar-refractivity contribution is 5.62. The number of hydrogen-bond donors (Lipinski definition) is 2. The molecule has 112 valence electrons. The second-order valence-electron chi connectivity index (χ2n) is 5.23. The number of benzene rings is 1. The van der Waals surface area contributed by atoms with Crippen LogP contribution in [-0.2, 0) is 9.47 Å². The maximum atomic E-state index is 5.64. The fraction of sp³-hybridized carbons (Fsp3) is 0.438. The van der Waals surface area contributed by atoms with E-state index in [0.717, 1.165) is 30.0 Å². The summed E-state index contributed by atoms with van der Waals surface area (Å²) in [7, 11) is 1.74. The quantitative estimate of drug-likeness (QED) is 0.857. The number of nitrogens with zero attached hydrogens (tertiary/aromatic N) is 1. The minimum atomic E-state index is 0.122. The Balaban J connectivity index is 1.61. The number of nitrogens with one attached hydrogen (secondary N) is 2. The Morgan fingerprint density at radius 2 is 2.10 bits per heavy atom. The van der Waals surface area contributed by atoms with Crippen molar-refractivity contribution in [3.05, 3.63) is 36.5 Å². The molecule has 1 aromatic heterocycles. The van der Waals surface area contributed by atoms with Crippen LogP contribution in [0.25, 0.3) is 11.3 Å². The zero-order valence-corrected chi connectivity index (χ0v) is 12.4. The predicted octanol–water partition coefficient (Wildman–Crippen LogP) is 2.68. The molecule has 1 aliphatic carbocycles. The normalized spacial score (nSPS) is 24.6. The topological polar surface area (TPSA) is 59.2 Å². The van der Waals surface area contributed by atoms with Gasteiger partial charge in [-0.2, -0.15) is 5.10 Å². The molecule has 0 aliphatic heterocycles. The molecule has 0 amide bonds. The van der Waals surface area contributed by atoms with Crippen molar-refractivity contribution in [1.29, 1.82) is 0 Å². The van der Waals surface area contributed by atoms with Gasteiger partial charge in [-0.1, -0.05) is 12.1 Å². The maximum absolute atomic E-state index is 5.64. The van der Waals surface area contributed by atoms with E-state index >= 15 is 0 Å². The molecule has 1 heterocycles. The summed E-state index contributed by atoms with van der Waals surface area (Å²) in [5.74, 6) is 0. The fourth-order valence-electron chi connectivity index (χ4n) is 2.79. The van der Waals surface area contributed by atoms with E-state index in [1.165, 1.54) is 0 Å². The molecule has 1 saturated carbocycles. The predicted molar refractivity (Wildman–Crippen MR) is 82.3 cm³/mol. The van der Waals surface area contributed by atoms with Crippen molar-refractivity contribution < 1.29 is 9.47 Å². The van der Waals surface area contributed by atoms with Crippen LogP contribution in [0.5, 0.6) is 0 Å². The standard InChI is InChI=1S/C16H21N3O2/c1-3-21-15-10-14(16(15)20-2)18-12-6-4-11(5-7-12)13-8-9-17-19-13/h4-9,14-16,18H,3,10H2,1-2H3,(H,17,19). The number of aromatic nitrogens is 2. The van der Waals surface area contributed by atoms with Crippen LogP contribution in [-0.4, -0.2) is 42.2 Å². The van der Waals surface area contributed by atoms with Gasteiger partial charge in [0.15, 0.2) is 0 Å². The number of methoxy groups -OCH3 is 1. The van der Waals surface area contributed by atoms with E-state index in [-0.39, 0.29) is 12.2 Å². The molecular formula is C16H21N3O2. The molecule has 2 N–H and O–H groups in total. The summed E-state index contributed by atoms with van der Waals surface area (Å²) in [4.78, 5) is 0. The van der Waals surface area contributed by atoms with Crippen molar-refractivity contribution >= 4 is 5.69 Å². The summed E-state index contributed by atoms with van der Waals surface area (Å²) in [6.07, 6.45) is 3.07. The zero-order chi connectivity index (χ0) is 14.7. The first kappa shape index (κ1) is 14.1. The molecule has 1 fully saturated rings. The average Bonchev–Trinajstić information content (AvgIpc) is 3.01. The van der Waals surface area contributed by atoms with Gasteiger partial charge in [-0.05, 0) is 37.1 Å². The molecule has 1 aromatic carbocycles. The lowest BCUT2D eigenvalue weighted by Gasteiger charge is -2.43. The lowest BCUT2D eigenvalue weighted by molar-refractivity contribution is -0.118. The van der Waals surface area contributed by atoms with Gasteiger partial charge in [-0.25, -0.2) is 0 Å². The highest BCUT2D eigenvalue weighted by Crippen LogP contribution is 2.30. The Labute approximate surface area is 124 Å². The lowest BCUT2D eigenvalue weighted by atomic mass is 9.85. The van der Waals surface area contributed by atoms with E-state index in [0.29, 0.717) is 6.04 Å². The summed E-state index contributed by atoms with van der Waals surface area (Å²) < 4.78 is 11.2. The summed E-state index contributed by atoms with van der Waals surface area (Å²) in [6, 6.07) is 10.6. The number of rotatable bonds is 6. The van der Waals surface area contributed by atoms with Gasteiger partial charge in [0.25, 0.3) is 0 Å². The molecule has 0 bridgehead atoms. The molecule has 0 radical (unpaired) electrons. The Hall–Kier alpha value is -1.85. The smallest absolute Gasteiger partial charge is 0.103 e. The average molecular weight is 287 g/mol. The molecule has 3 rings (SSSR count). The van der Waals surface area contributed by atoms with Crippen molar-refractivity contribution in [2.45, 2.75) is 31.6 Å². The second kappa shape index (κ2) is 6.28. The second-order valence-corrected chi connectivity index (χ2v) is 5.23. The molecule has 5 heteroatoms. The number of hydrogen-bond acceptors (Lipinski definition) is 4. The summed E-state index contributed by atoms with van der Waals surface area (Å²) >= 11 is 0. The van der Waals surface area contributed by atoms with Gasteiger partial charge in [0.1, 0.15) is 6.10 Å². The van der Waals surface area contributed by atoms with Gasteiger partial charge in [-0.3, -0.25) is 5.10 Å². The van der Waals surface area contributed by atoms with E-state index in [4.69, 9.17) is 9.47 Å². The van der Waals surface area contributed by atoms with Crippen LogP contribution >= 0.6 is 0 Å². The van der Waals surface area contributed by atoms with Crippen LogP contribution < -0.4 is 5.32 Å². The van der Waals surface area contributed by atoms with Crippen LogP contribution in [0.1, 0.15) is 13.3 Å². The highest BCUT2D eigenvalue weighted by atomic mass is 16.5. The minimum absolute atomic E-state index is 0.122. The molecule has 3 unspecified atom stereocenters. The lowest BCUT2D eigenvalue weighted by Crippen LogP contribution is -2.56. The van der Waals surface area contributed by atoms with Gasteiger partial charge in [0, 0.05) is 25.6 Å². The van der Waals surface area contributed by atoms with Crippen molar-refractivity contribution in [3.63, 3.8) is 0 Å². The molecule has 0 saturated heterocycles. The first-order valence-electron chi connectivity index (χ1n) is 7.32. The Morgan fingerprint density at radius 3 is 2.71 bits per heavy atom. The molecular weight excluding hydrogens is 266 g/mol. The van der Waals surface area contributed by atoms with E-state index in [1.807, 2.05) is 13.0 Å². The third kappa shape index (κ3) is 2.94. The van der Waals surface area contributed by atoms with Gasteiger partial charge >= 0.3 is 0 Å². The Bertz CT molecular complexity index is 553. The van der Waals surface area contributed by atoms with Crippen LogP contribution in [0.4, 0.5) is 5.69 Å². The summed E-state index contributed by atoms with van der Waals surface area (Å²) in [6.45, 7) is 2.75. The Morgan fingerprint density at radius 1 is 1.29 bits per heavy atom. The van der Waals surface area contributed by atoms with Gasteiger partial charge in [0.05, 0.1) is 17.8 Å². The molecule has 1 aliphatic rings. The largest absolute Gasteiger partial charge is 0.379 e.